The van der Waals surface area contributed by atoms with E-state index in [0.717, 1.165) is 13.1 Å². The minimum Gasteiger partial charge on any atom is -0.341 e. The molecule has 3 aliphatic rings. The normalized spacial score (nSPS) is 25.3. The molecule has 3 aliphatic heterocycles. The highest BCUT2D eigenvalue weighted by Gasteiger charge is 2.35. The first-order chi connectivity index (χ1) is 10.7. The van der Waals surface area contributed by atoms with Crippen molar-refractivity contribution in [1.29, 1.82) is 0 Å². The van der Waals surface area contributed by atoms with E-state index in [1.165, 1.54) is 43.5 Å². The van der Waals surface area contributed by atoms with Crippen LogP contribution in [0.5, 0.6) is 0 Å². The molecule has 0 spiro atoms. The minimum atomic E-state index is 0.310. The summed E-state index contributed by atoms with van der Waals surface area (Å²) in [7, 11) is 0. The standard InChI is InChI=1S/C19H28N2O/c1-3-10-20-12-16-8-9-18(20)14-21(13-16)19(22)11-17-7-5-4-6-15(17)2/h4-7,16,18H,3,8-14H2,1-2H3/t16-,18-/m0/s1. The van der Waals surface area contributed by atoms with E-state index in [9.17, 15) is 4.79 Å². The number of carbonyl (C=O) groups is 1. The first-order valence-corrected chi connectivity index (χ1v) is 8.73. The van der Waals surface area contributed by atoms with Gasteiger partial charge >= 0.3 is 0 Å². The summed E-state index contributed by atoms with van der Waals surface area (Å²) in [6.07, 6.45) is 4.32. The Morgan fingerprint density at radius 1 is 1.18 bits per heavy atom. The SMILES string of the molecule is CCCN1C[C@@H]2CC[C@H]1CN(C(=O)Cc1ccccc1C)C2. The van der Waals surface area contributed by atoms with Crippen LogP contribution in [-0.4, -0.2) is 47.9 Å². The number of piperidine rings is 1. The average Bonchev–Trinajstić information content (AvgIpc) is 2.82. The van der Waals surface area contributed by atoms with Crippen molar-refractivity contribution in [3.63, 3.8) is 0 Å². The van der Waals surface area contributed by atoms with Crippen molar-refractivity contribution in [3.05, 3.63) is 35.4 Å². The van der Waals surface area contributed by atoms with Gasteiger partial charge in [0, 0.05) is 25.7 Å². The molecule has 3 saturated heterocycles. The van der Waals surface area contributed by atoms with Crippen LogP contribution in [0, 0.1) is 12.8 Å². The van der Waals surface area contributed by atoms with Gasteiger partial charge < -0.3 is 4.90 Å². The molecule has 1 aromatic rings. The minimum absolute atomic E-state index is 0.310. The summed E-state index contributed by atoms with van der Waals surface area (Å²) in [5.41, 5.74) is 2.40. The fraction of sp³-hybridized carbons (Fsp3) is 0.632. The molecular weight excluding hydrogens is 272 g/mol. The van der Waals surface area contributed by atoms with Crippen LogP contribution in [0.1, 0.15) is 37.3 Å². The third kappa shape index (κ3) is 3.35. The molecule has 3 fully saturated rings. The van der Waals surface area contributed by atoms with Crippen molar-refractivity contribution in [3.8, 4) is 0 Å². The number of hydrogen-bond donors (Lipinski definition) is 0. The van der Waals surface area contributed by atoms with E-state index < -0.39 is 0 Å². The lowest BCUT2D eigenvalue weighted by Crippen LogP contribution is -2.44. The highest BCUT2D eigenvalue weighted by molar-refractivity contribution is 5.79. The molecule has 3 nitrogen and oxygen atoms in total. The van der Waals surface area contributed by atoms with Gasteiger partial charge in [-0.1, -0.05) is 31.2 Å². The van der Waals surface area contributed by atoms with Gasteiger partial charge in [-0.15, -0.1) is 0 Å². The Hall–Kier alpha value is -1.35. The predicted octanol–water partition coefficient (Wildman–Crippen LogP) is 2.87. The predicted molar refractivity (Wildman–Crippen MR) is 89.8 cm³/mol. The number of hydrogen-bond acceptors (Lipinski definition) is 2. The Kier molecular flexibility index (Phi) is 4.82. The van der Waals surface area contributed by atoms with Crippen LogP contribution < -0.4 is 0 Å². The number of carbonyl (C=O) groups excluding carboxylic acids is 1. The number of aryl methyl sites for hydroxylation is 1. The first-order valence-electron chi connectivity index (χ1n) is 8.73. The van der Waals surface area contributed by atoms with Crippen molar-refractivity contribution in [2.45, 2.75) is 45.6 Å². The highest BCUT2D eigenvalue weighted by atomic mass is 16.2. The van der Waals surface area contributed by atoms with Gasteiger partial charge in [0.25, 0.3) is 0 Å². The monoisotopic (exact) mass is 300 g/mol. The average molecular weight is 300 g/mol. The van der Waals surface area contributed by atoms with E-state index in [1.54, 1.807) is 0 Å². The molecule has 0 N–H and O–H groups in total. The van der Waals surface area contributed by atoms with Crippen LogP contribution >= 0.6 is 0 Å². The van der Waals surface area contributed by atoms with Gasteiger partial charge in [0.15, 0.2) is 0 Å². The number of rotatable bonds is 4. The molecule has 1 amide bonds. The largest absolute Gasteiger partial charge is 0.341 e. The zero-order valence-corrected chi connectivity index (χ0v) is 13.9. The highest BCUT2D eigenvalue weighted by Crippen LogP contribution is 2.28. The van der Waals surface area contributed by atoms with Gasteiger partial charge in [-0.3, -0.25) is 9.69 Å². The van der Waals surface area contributed by atoms with Crippen LogP contribution in [0.15, 0.2) is 24.3 Å². The van der Waals surface area contributed by atoms with Gasteiger partial charge in [0.2, 0.25) is 5.91 Å². The number of amides is 1. The molecule has 4 rings (SSSR count). The Morgan fingerprint density at radius 3 is 2.77 bits per heavy atom. The number of fused-ring (bicyclic) bond motifs is 4. The van der Waals surface area contributed by atoms with Crippen molar-refractivity contribution in [2.75, 3.05) is 26.2 Å². The van der Waals surface area contributed by atoms with Crippen molar-refractivity contribution in [2.24, 2.45) is 5.92 Å². The van der Waals surface area contributed by atoms with E-state index in [-0.39, 0.29) is 0 Å². The molecule has 0 radical (unpaired) electrons. The van der Waals surface area contributed by atoms with Crippen LogP contribution in [0.4, 0.5) is 0 Å². The summed E-state index contributed by atoms with van der Waals surface area (Å²) in [6, 6.07) is 8.84. The van der Waals surface area contributed by atoms with Gasteiger partial charge in [-0.05, 0) is 49.8 Å². The van der Waals surface area contributed by atoms with E-state index in [2.05, 4.69) is 35.8 Å². The maximum atomic E-state index is 12.8. The van der Waals surface area contributed by atoms with E-state index in [4.69, 9.17) is 0 Å². The molecule has 0 aliphatic carbocycles. The third-order valence-electron chi connectivity index (χ3n) is 5.29. The summed E-state index contributed by atoms with van der Waals surface area (Å²) in [6.45, 7) is 8.60. The Labute approximate surface area is 134 Å². The molecular formula is C19H28N2O. The molecule has 0 saturated carbocycles. The summed E-state index contributed by atoms with van der Waals surface area (Å²) in [5.74, 6) is 0.982. The molecule has 0 unspecified atom stereocenters. The van der Waals surface area contributed by atoms with Gasteiger partial charge in [0.1, 0.15) is 0 Å². The van der Waals surface area contributed by atoms with Gasteiger partial charge in [0.05, 0.1) is 6.42 Å². The van der Waals surface area contributed by atoms with Crippen LogP contribution in [0.2, 0.25) is 0 Å². The molecule has 0 aromatic heterocycles. The van der Waals surface area contributed by atoms with E-state index >= 15 is 0 Å². The lowest BCUT2D eigenvalue weighted by molar-refractivity contribution is -0.130. The van der Waals surface area contributed by atoms with E-state index in [1.807, 2.05) is 12.1 Å². The van der Waals surface area contributed by atoms with Gasteiger partial charge in [-0.2, -0.15) is 0 Å². The topological polar surface area (TPSA) is 23.6 Å². The molecule has 2 bridgehead atoms. The second-order valence-electron chi connectivity index (χ2n) is 6.99. The summed E-state index contributed by atoms with van der Waals surface area (Å²) >= 11 is 0. The maximum absolute atomic E-state index is 12.8. The summed E-state index contributed by atoms with van der Waals surface area (Å²) in [4.78, 5) is 17.5. The van der Waals surface area contributed by atoms with Crippen molar-refractivity contribution in [1.82, 2.24) is 9.80 Å². The zero-order chi connectivity index (χ0) is 15.5. The second-order valence-corrected chi connectivity index (χ2v) is 6.99. The fourth-order valence-corrected chi connectivity index (χ4v) is 4.03. The summed E-state index contributed by atoms with van der Waals surface area (Å²) in [5, 5.41) is 0. The molecule has 22 heavy (non-hydrogen) atoms. The van der Waals surface area contributed by atoms with Gasteiger partial charge in [-0.25, -0.2) is 0 Å². The molecule has 120 valence electrons. The molecule has 3 heteroatoms. The third-order valence-corrected chi connectivity index (χ3v) is 5.29. The maximum Gasteiger partial charge on any atom is 0.227 e. The Balaban J connectivity index is 1.68. The van der Waals surface area contributed by atoms with E-state index in [0.29, 0.717) is 24.3 Å². The fourth-order valence-electron chi connectivity index (χ4n) is 4.03. The van der Waals surface area contributed by atoms with Crippen LogP contribution in [0.25, 0.3) is 0 Å². The second kappa shape index (κ2) is 6.82. The lowest BCUT2D eigenvalue weighted by atomic mass is 9.95. The number of nitrogens with zero attached hydrogens (tertiary/aromatic N) is 2. The molecule has 3 heterocycles. The first kappa shape index (κ1) is 15.5. The Morgan fingerprint density at radius 2 is 2.00 bits per heavy atom. The molecule has 2 atom stereocenters. The lowest BCUT2D eigenvalue weighted by Gasteiger charge is -2.35. The van der Waals surface area contributed by atoms with Crippen molar-refractivity contribution < 1.29 is 4.79 Å². The van der Waals surface area contributed by atoms with Crippen LogP contribution in [0.3, 0.4) is 0 Å². The van der Waals surface area contributed by atoms with Crippen molar-refractivity contribution >= 4 is 5.91 Å². The quantitative estimate of drug-likeness (QED) is 0.853. The Bertz CT molecular complexity index is 528. The number of benzene rings is 1. The smallest absolute Gasteiger partial charge is 0.227 e. The zero-order valence-electron chi connectivity index (χ0n) is 13.9. The summed E-state index contributed by atoms with van der Waals surface area (Å²) < 4.78 is 0. The molecule has 1 aromatic carbocycles. The van der Waals surface area contributed by atoms with Crippen LogP contribution in [-0.2, 0) is 11.2 Å².